The first-order valence-corrected chi connectivity index (χ1v) is 5.33. The zero-order chi connectivity index (χ0) is 10.4. The third-order valence-electron chi connectivity index (χ3n) is 2.42. The van der Waals surface area contributed by atoms with Crippen LogP contribution < -0.4 is 0 Å². The van der Waals surface area contributed by atoms with Gasteiger partial charge in [0.15, 0.2) is 0 Å². The fourth-order valence-electron chi connectivity index (χ4n) is 1.67. The predicted molar refractivity (Wildman–Crippen MR) is 62.1 cm³/mol. The molecule has 14 heavy (non-hydrogen) atoms. The number of hydrogen-bond acceptors (Lipinski definition) is 1. The minimum Gasteiger partial charge on any atom is -0.373 e. The van der Waals surface area contributed by atoms with Gasteiger partial charge in [-0.25, -0.2) is 0 Å². The molecule has 0 unspecified atom stereocenters. The van der Waals surface area contributed by atoms with E-state index in [0.29, 0.717) is 0 Å². The van der Waals surface area contributed by atoms with Crippen molar-refractivity contribution in [3.8, 4) is 0 Å². The average Bonchev–Trinajstić information content (AvgIpc) is 2.31. The Morgan fingerprint density at radius 3 is 2.50 bits per heavy atom. The Morgan fingerprint density at radius 1 is 1.21 bits per heavy atom. The molecule has 76 valence electrons. The maximum atomic E-state index is 3.78. The molecule has 0 amide bonds. The van der Waals surface area contributed by atoms with Crippen LogP contribution >= 0.6 is 0 Å². The van der Waals surface area contributed by atoms with Gasteiger partial charge < -0.3 is 4.90 Å². The molecule has 1 aliphatic rings. The Morgan fingerprint density at radius 2 is 1.86 bits per heavy atom. The van der Waals surface area contributed by atoms with Crippen molar-refractivity contribution in [2.75, 3.05) is 6.54 Å². The van der Waals surface area contributed by atoms with Crippen molar-refractivity contribution in [2.24, 2.45) is 0 Å². The smallest absolute Gasteiger partial charge is 0.0426 e. The van der Waals surface area contributed by atoms with Crippen LogP contribution in [0.1, 0.15) is 25.0 Å². The van der Waals surface area contributed by atoms with Crippen LogP contribution in [0.3, 0.4) is 0 Å². The van der Waals surface area contributed by atoms with Crippen molar-refractivity contribution in [1.29, 1.82) is 0 Å². The van der Waals surface area contributed by atoms with E-state index in [-0.39, 0.29) is 0 Å². The first-order valence-electron chi connectivity index (χ1n) is 5.33. The highest BCUT2D eigenvalue weighted by Crippen LogP contribution is 2.17. The first kappa shape index (κ1) is 10.8. The van der Waals surface area contributed by atoms with Gasteiger partial charge in [-0.15, -0.1) is 0 Å². The van der Waals surface area contributed by atoms with Gasteiger partial charge >= 0.3 is 0 Å². The molecule has 1 nitrogen and oxygen atoms in total. The Bertz CT molecular complexity index is 291. The van der Waals surface area contributed by atoms with Gasteiger partial charge in [-0.05, 0) is 23.7 Å². The van der Waals surface area contributed by atoms with Gasteiger partial charge in [-0.3, -0.25) is 0 Å². The van der Waals surface area contributed by atoms with Gasteiger partial charge in [0.2, 0.25) is 0 Å². The van der Waals surface area contributed by atoms with Crippen LogP contribution in [0.4, 0.5) is 0 Å². The molecular weight excluding hydrogens is 170 g/mol. The highest BCUT2D eigenvalue weighted by Gasteiger charge is 2.11. The summed E-state index contributed by atoms with van der Waals surface area (Å²) < 4.78 is 0. The van der Waals surface area contributed by atoms with Crippen molar-refractivity contribution >= 4 is 0 Å². The molecule has 0 saturated carbocycles. The third kappa shape index (κ3) is 2.38. The molecule has 0 N–H and O–H groups in total. The van der Waals surface area contributed by atoms with Crippen LogP contribution in [0.2, 0.25) is 0 Å². The topological polar surface area (TPSA) is 3.24 Å². The second-order valence-electron chi connectivity index (χ2n) is 3.17. The van der Waals surface area contributed by atoms with Gasteiger partial charge in [-0.1, -0.05) is 44.7 Å². The Labute approximate surface area is 87.1 Å². The molecule has 1 aromatic carbocycles. The normalized spacial score (nSPS) is 13.7. The van der Waals surface area contributed by atoms with Gasteiger partial charge in [0.05, 0.1) is 0 Å². The summed E-state index contributed by atoms with van der Waals surface area (Å²) in [6, 6.07) is 8.63. The van der Waals surface area contributed by atoms with Crippen LogP contribution in [0.25, 0.3) is 0 Å². The van der Waals surface area contributed by atoms with E-state index in [9.17, 15) is 0 Å². The summed E-state index contributed by atoms with van der Waals surface area (Å²) in [6.45, 7) is 9.92. The zero-order valence-electron chi connectivity index (χ0n) is 9.16. The summed E-state index contributed by atoms with van der Waals surface area (Å²) in [5.41, 5.74) is 2.94. The molecule has 0 atom stereocenters. The number of hydrogen-bond donors (Lipinski definition) is 0. The summed E-state index contributed by atoms with van der Waals surface area (Å²) in [5, 5.41) is 0. The van der Waals surface area contributed by atoms with Crippen molar-refractivity contribution < 1.29 is 0 Å². The van der Waals surface area contributed by atoms with Gasteiger partial charge in [0.25, 0.3) is 0 Å². The molecule has 1 aromatic rings. The van der Waals surface area contributed by atoms with E-state index >= 15 is 0 Å². The van der Waals surface area contributed by atoms with Crippen LogP contribution in [0.5, 0.6) is 0 Å². The van der Waals surface area contributed by atoms with Crippen LogP contribution in [0, 0.1) is 0 Å². The van der Waals surface area contributed by atoms with Crippen molar-refractivity contribution in [3.05, 3.63) is 48.2 Å². The standard InChI is InChI=1S/C11H13N.C2H6/c1-2-12-8-7-10-5-3-4-6-11(10)9-12;1-2/h2-6H,1,7-9H2;1-2H3. The summed E-state index contributed by atoms with van der Waals surface area (Å²) in [6.07, 6.45) is 3.08. The Hall–Kier alpha value is -1.24. The molecule has 1 aliphatic heterocycles. The van der Waals surface area contributed by atoms with E-state index < -0.39 is 0 Å². The van der Waals surface area contributed by atoms with Gasteiger partial charge in [0.1, 0.15) is 0 Å². The van der Waals surface area contributed by atoms with E-state index in [0.717, 1.165) is 19.5 Å². The summed E-state index contributed by atoms with van der Waals surface area (Å²) >= 11 is 0. The van der Waals surface area contributed by atoms with E-state index in [1.165, 1.54) is 11.1 Å². The first-order chi connectivity index (χ1) is 6.90. The molecule has 1 heterocycles. The molecule has 0 radical (unpaired) electrons. The van der Waals surface area contributed by atoms with Crippen LogP contribution in [-0.4, -0.2) is 11.4 Å². The number of rotatable bonds is 1. The summed E-state index contributed by atoms with van der Waals surface area (Å²) in [7, 11) is 0. The van der Waals surface area contributed by atoms with E-state index in [1.54, 1.807) is 0 Å². The Kier molecular flexibility index (Phi) is 4.24. The number of nitrogens with zero attached hydrogens (tertiary/aromatic N) is 1. The SMILES string of the molecule is C=CN1CCc2ccccc2C1.CC. The molecule has 1 heteroatoms. The summed E-state index contributed by atoms with van der Waals surface area (Å²) in [4.78, 5) is 2.25. The molecule has 0 bridgehead atoms. The van der Waals surface area contributed by atoms with Crippen LogP contribution in [0.15, 0.2) is 37.0 Å². The van der Waals surface area contributed by atoms with E-state index in [1.807, 2.05) is 20.0 Å². The lowest BCUT2D eigenvalue weighted by atomic mass is 10.0. The maximum Gasteiger partial charge on any atom is 0.0426 e. The lowest BCUT2D eigenvalue weighted by Crippen LogP contribution is -2.25. The van der Waals surface area contributed by atoms with Crippen molar-refractivity contribution in [2.45, 2.75) is 26.8 Å². The average molecular weight is 189 g/mol. The van der Waals surface area contributed by atoms with Gasteiger partial charge in [0, 0.05) is 13.1 Å². The molecule has 0 aliphatic carbocycles. The largest absolute Gasteiger partial charge is 0.373 e. The minimum atomic E-state index is 1.03. The molecule has 0 fully saturated rings. The number of fused-ring (bicyclic) bond motifs is 1. The summed E-state index contributed by atoms with van der Waals surface area (Å²) in [5.74, 6) is 0. The minimum absolute atomic E-state index is 1.03. The maximum absolute atomic E-state index is 3.78. The van der Waals surface area contributed by atoms with Gasteiger partial charge in [-0.2, -0.15) is 0 Å². The lowest BCUT2D eigenvalue weighted by Gasteiger charge is -2.26. The molecule has 2 rings (SSSR count). The quantitative estimate of drug-likeness (QED) is 0.655. The molecular formula is C13H19N. The predicted octanol–water partition coefficient (Wildman–Crippen LogP) is 3.21. The molecule has 0 aromatic heterocycles. The van der Waals surface area contributed by atoms with E-state index in [4.69, 9.17) is 0 Å². The van der Waals surface area contributed by atoms with Crippen LogP contribution in [-0.2, 0) is 13.0 Å². The fourth-order valence-corrected chi connectivity index (χ4v) is 1.67. The Balaban J connectivity index is 0.000000461. The second-order valence-corrected chi connectivity index (χ2v) is 3.17. The molecule has 0 saturated heterocycles. The van der Waals surface area contributed by atoms with Crippen molar-refractivity contribution in [1.82, 2.24) is 4.90 Å². The zero-order valence-corrected chi connectivity index (χ0v) is 9.16. The number of benzene rings is 1. The fraction of sp³-hybridized carbons (Fsp3) is 0.385. The molecule has 0 spiro atoms. The van der Waals surface area contributed by atoms with Crippen molar-refractivity contribution in [3.63, 3.8) is 0 Å². The third-order valence-corrected chi connectivity index (χ3v) is 2.42. The monoisotopic (exact) mass is 189 g/mol. The van der Waals surface area contributed by atoms with E-state index in [2.05, 4.69) is 35.7 Å². The highest BCUT2D eigenvalue weighted by molar-refractivity contribution is 5.29. The lowest BCUT2D eigenvalue weighted by molar-refractivity contribution is 0.354. The highest BCUT2D eigenvalue weighted by atomic mass is 15.1. The second kappa shape index (κ2) is 5.48.